The number of rotatable bonds is 16. The summed E-state index contributed by atoms with van der Waals surface area (Å²) in [4.78, 5) is 12.4. The van der Waals surface area contributed by atoms with Crippen LogP contribution >= 0.6 is 0 Å². The van der Waals surface area contributed by atoms with E-state index in [1.165, 1.54) is 6.92 Å². The summed E-state index contributed by atoms with van der Waals surface area (Å²) in [6.07, 6.45) is -0.514. The summed E-state index contributed by atoms with van der Waals surface area (Å²) in [5.74, 6) is -0.513. The van der Waals surface area contributed by atoms with Crippen LogP contribution in [0.2, 0.25) is 0 Å². The number of ether oxygens (including phenoxy) is 8. The third-order valence-electron chi connectivity index (χ3n) is 8.01. The topological polar surface area (TPSA) is 90.9 Å². The number of hydrogen-bond donors (Lipinski definition) is 0. The monoisotopic (exact) mass is 612 g/mol. The summed E-state index contributed by atoms with van der Waals surface area (Å²) in [7, 11) is 1.69. The molecule has 0 radical (unpaired) electrons. The van der Waals surface area contributed by atoms with E-state index >= 15 is 0 Å². The number of hydrogen-bond acceptors (Lipinski definition) is 9. The van der Waals surface area contributed by atoms with Crippen molar-refractivity contribution in [2.75, 3.05) is 20.3 Å². The first-order valence-electron chi connectivity index (χ1n) is 15.6. The van der Waals surface area contributed by atoms with Gasteiger partial charge in [0.1, 0.15) is 18.3 Å². The predicted molar refractivity (Wildman–Crippen MR) is 165 cm³/mol. The molecule has 2 aromatic rings. The molecule has 2 aliphatic heterocycles. The minimum Gasteiger partial charge on any atom is -0.457 e. The van der Waals surface area contributed by atoms with E-state index in [9.17, 15) is 4.79 Å². The summed E-state index contributed by atoms with van der Waals surface area (Å²) in [5.41, 5.74) is 1.96. The number of carbonyl (C=O) groups is 1. The average molecular weight is 613 g/mol. The van der Waals surface area contributed by atoms with Gasteiger partial charge in [-0.05, 0) is 24.0 Å². The van der Waals surface area contributed by atoms with Gasteiger partial charge in [-0.25, -0.2) is 0 Å². The van der Waals surface area contributed by atoms with E-state index in [4.69, 9.17) is 37.9 Å². The molecule has 0 bridgehead atoms. The Bertz CT molecular complexity index is 1110. The van der Waals surface area contributed by atoms with Gasteiger partial charge in [-0.15, -0.1) is 6.58 Å². The second kappa shape index (κ2) is 17.8. The molecule has 2 saturated heterocycles. The lowest BCUT2D eigenvalue weighted by molar-refractivity contribution is -0.348. The Morgan fingerprint density at radius 2 is 1.55 bits per heavy atom. The molecular formula is C35H48O9. The molecule has 9 atom stereocenters. The van der Waals surface area contributed by atoms with Gasteiger partial charge in [0.15, 0.2) is 18.7 Å². The van der Waals surface area contributed by atoms with Crippen molar-refractivity contribution in [2.24, 2.45) is 5.92 Å². The molecule has 0 aliphatic carbocycles. The number of benzene rings is 2. The minimum absolute atomic E-state index is 0.0729. The van der Waals surface area contributed by atoms with Crippen molar-refractivity contribution in [3.63, 3.8) is 0 Å². The van der Waals surface area contributed by atoms with Gasteiger partial charge in [0.2, 0.25) is 0 Å². The van der Waals surface area contributed by atoms with Gasteiger partial charge in [0, 0.05) is 20.0 Å². The van der Waals surface area contributed by atoms with Gasteiger partial charge in [-0.1, -0.05) is 87.0 Å². The number of carbonyl (C=O) groups excluding carboxylic acids is 1. The van der Waals surface area contributed by atoms with Crippen molar-refractivity contribution in [3.05, 3.63) is 84.4 Å². The lowest BCUT2D eigenvalue weighted by atomic mass is 9.86. The minimum atomic E-state index is -0.882. The summed E-state index contributed by atoms with van der Waals surface area (Å²) >= 11 is 0. The SMILES string of the molecule is C=CCO[C@@H]1OC(CC)[C@H](O[C@@H]2OC[C@@H](OCc3ccccc3)C(OC(C)=O)C2OCc2ccccc2)C(OC)C1CCC. The van der Waals surface area contributed by atoms with Crippen LogP contribution in [0.5, 0.6) is 0 Å². The molecule has 0 saturated carbocycles. The lowest BCUT2D eigenvalue weighted by Gasteiger charge is -2.48. The van der Waals surface area contributed by atoms with Crippen molar-refractivity contribution in [1.29, 1.82) is 0 Å². The highest BCUT2D eigenvalue weighted by Gasteiger charge is 2.51. The molecule has 4 rings (SSSR count). The third-order valence-corrected chi connectivity index (χ3v) is 8.01. The maximum Gasteiger partial charge on any atom is 0.303 e. The first-order valence-corrected chi connectivity index (χ1v) is 15.6. The highest BCUT2D eigenvalue weighted by molar-refractivity contribution is 5.66. The molecule has 0 aromatic heterocycles. The molecular weight excluding hydrogens is 564 g/mol. The standard InChI is InChI=1S/C35H48O9/c1-6-15-27-30(37-5)31(28(8-3)43-34(27)38-20-7-2)44-35-33(40-22-26-18-13-10-14-19-26)32(42-24(4)36)29(23-41-35)39-21-25-16-11-9-12-17-25/h7,9-14,16-19,27-35H,2,6,8,15,20-23H2,1,3-5H3/t27?,28?,29-,30?,31+,32?,33?,34-,35+/m1/s1. The van der Waals surface area contributed by atoms with Crippen molar-refractivity contribution < 1.29 is 42.7 Å². The first-order chi connectivity index (χ1) is 21.5. The van der Waals surface area contributed by atoms with Gasteiger partial charge in [-0.2, -0.15) is 0 Å². The van der Waals surface area contributed by atoms with Gasteiger partial charge in [-0.3, -0.25) is 4.79 Å². The van der Waals surface area contributed by atoms with E-state index in [0.717, 1.165) is 24.0 Å². The Balaban J connectivity index is 1.60. The van der Waals surface area contributed by atoms with Gasteiger partial charge in [0.25, 0.3) is 0 Å². The molecule has 2 aliphatic rings. The lowest BCUT2D eigenvalue weighted by Crippen LogP contribution is -2.62. The molecule has 2 fully saturated rings. The average Bonchev–Trinajstić information content (AvgIpc) is 3.04. The van der Waals surface area contributed by atoms with Crippen molar-refractivity contribution in [1.82, 2.24) is 0 Å². The van der Waals surface area contributed by atoms with Crippen LogP contribution in [0.25, 0.3) is 0 Å². The second-order valence-electron chi connectivity index (χ2n) is 11.2. The maximum atomic E-state index is 12.4. The zero-order valence-electron chi connectivity index (χ0n) is 26.4. The summed E-state index contributed by atoms with van der Waals surface area (Å²) in [6, 6.07) is 19.6. The summed E-state index contributed by atoms with van der Waals surface area (Å²) in [6.45, 7) is 10.4. The Kier molecular flexibility index (Phi) is 13.8. The van der Waals surface area contributed by atoms with Crippen LogP contribution in [0.15, 0.2) is 73.3 Å². The zero-order valence-corrected chi connectivity index (χ0v) is 26.4. The maximum absolute atomic E-state index is 12.4. The van der Waals surface area contributed by atoms with E-state index in [2.05, 4.69) is 13.5 Å². The van der Waals surface area contributed by atoms with Crippen molar-refractivity contribution in [3.8, 4) is 0 Å². The Morgan fingerprint density at radius 1 is 0.886 bits per heavy atom. The zero-order chi connectivity index (χ0) is 31.3. The molecule has 0 amide bonds. The van der Waals surface area contributed by atoms with Crippen LogP contribution in [0.4, 0.5) is 0 Å². The molecule has 2 heterocycles. The van der Waals surface area contributed by atoms with Crippen LogP contribution in [0.1, 0.15) is 51.2 Å². The summed E-state index contributed by atoms with van der Waals surface area (Å²) in [5, 5.41) is 0. The largest absolute Gasteiger partial charge is 0.457 e. The Labute approximate surface area is 261 Å². The fraction of sp³-hybridized carbons (Fsp3) is 0.571. The summed E-state index contributed by atoms with van der Waals surface area (Å²) < 4.78 is 50.4. The molecule has 242 valence electrons. The Morgan fingerprint density at radius 3 is 2.11 bits per heavy atom. The Hall–Kier alpha value is -2.63. The smallest absolute Gasteiger partial charge is 0.303 e. The second-order valence-corrected chi connectivity index (χ2v) is 11.2. The van der Waals surface area contributed by atoms with E-state index in [1.807, 2.05) is 67.6 Å². The predicted octanol–water partition coefficient (Wildman–Crippen LogP) is 5.60. The van der Waals surface area contributed by atoms with Crippen LogP contribution in [0, 0.1) is 5.92 Å². The van der Waals surface area contributed by atoms with E-state index < -0.39 is 43.0 Å². The molecule has 9 nitrogen and oxygen atoms in total. The van der Waals surface area contributed by atoms with Crippen molar-refractivity contribution in [2.45, 2.75) is 102 Å². The molecule has 0 N–H and O–H groups in total. The highest BCUT2D eigenvalue weighted by Crippen LogP contribution is 2.37. The number of methoxy groups -OCH3 is 1. The van der Waals surface area contributed by atoms with E-state index in [1.54, 1.807) is 13.2 Å². The van der Waals surface area contributed by atoms with Gasteiger partial charge < -0.3 is 37.9 Å². The highest BCUT2D eigenvalue weighted by atomic mass is 16.7. The van der Waals surface area contributed by atoms with Crippen LogP contribution in [-0.2, 0) is 55.9 Å². The molecule has 44 heavy (non-hydrogen) atoms. The number of esters is 1. The van der Waals surface area contributed by atoms with Gasteiger partial charge >= 0.3 is 5.97 Å². The van der Waals surface area contributed by atoms with Gasteiger partial charge in [0.05, 0.1) is 38.6 Å². The quantitative estimate of drug-likeness (QED) is 0.178. The van der Waals surface area contributed by atoms with Crippen LogP contribution in [-0.4, -0.2) is 75.5 Å². The molecule has 9 heteroatoms. The fourth-order valence-electron chi connectivity index (χ4n) is 5.94. The first kappa shape index (κ1) is 34.2. The molecule has 5 unspecified atom stereocenters. The molecule has 2 aromatic carbocycles. The fourth-order valence-corrected chi connectivity index (χ4v) is 5.94. The van der Waals surface area contributed by atoms with Crippen molar-refractivity contribution >= 4 is 5.97 Å². The van der Waals surface area contributed by atoms with E-state index in [-0.39, 0.29) is 31.3 Å². The van der Waals surface area contributed by atoms with Crippen LogP contribution < -0.4 is 0 Å². The third kappa shape index (κ3) is 9.20. The van der Waals surface area contributed by atoms with Crippen LogP contribution in [0.3, 0.4) is 0 Å². The molecule has 0 spiro atoms. The normalized spacial score (nSPS) is 30.5. The van der Waals surface area contributed by atoms with E-state index in [0.29, 0.717) is 19.6 Å².